The van der Waals surface area contributed by atoms with E-state index in [9.17, 15) is 4.79 Å². The molecule has 0 aliphatic carbocycles. The van der Waals surface area contributed by atoms with Gasteiger partial charge in [-0.15, -0.1) is 0 Å². The average Bonchev–Trinajstić information content (AvgIpc) is 2.92. The lowest BCUT2D eigenvalue weighted by atomic mass is 10.1. The van der Waals surface area contributed by atoms with E-state index in [2.05, 4.69) is 42.3 Å². The molecule has 4 heteroatoms. The number of carbonyl (C=O) groups is 1. The van der Waals surface area contributed by atoms with E-state index < -0.39 is 0 Å². The average molecular weight is 343 g/mol. The van der Waals surface area contributed by atoms with Gasteiger partial charge in [0.2, 0.25) is 0 Å². The molecule has 2 aromatic carbocycles. The molecule has 2 heterocycles. The highest BCUT2D eigenvalue weighted by atomic mass is 16.2. The Morgan fingerprint density at radius 3 is 2.50 bits per heavy atom. The van der Waals surface area contributed by atoms with Crippen molar-refractivity contribution in [3.63, 3.8) is 0 Å². The second kappa shape index (κ2) is 6.30. The quantitative estimate of drug-likeness (QED) is 0.744. The fourth-order valence-corrected chi connectivity index (χ4v) is 3.29. The topological polar surface area (TPSA) is 45.2 Å². The Morgan fingerprint density at radius 1 is 0.962 bits per heavy atom. The van der Waals surface area contributed by atoms with Crippen molar-refractivity contribution in [2.24, 2.45) is 0 Å². The van der Waals surface area contributed by atoms with Crippen molar-refractivity contribution in [3.05, 3.63) is 88.6 Å². The number of hydrogen-bond donors (Lipinski definition) is 1. The van der Waals surface area contributed by atoms with Crippen LogP contribution in [0.15, 0.2) is 60.8 Å². The van der Waals surface area contributed by atoms with Gasteiger partial charge in [0.15, 0.2) is 0 Å². The fourth-order valence-electron chi connectivity index (χ4n) is 3.29. The summed E-state index contributed by atoms with van der Waals surface area (Å²) in [6.07, 6.45) is 1.51. The first kappa shape index (κ1) is 16.3. The molecule has 26 heavy (non-hydrogen) atoms. The molecular formula is C22H21N3O. The second-order valence-corrected chi connectivity index (χ2v) is 6.80. The van der Waals surface area contributed by atoms with Gasteiger partial charge in [0, 0.05) is 23.0 Å². The lowest BCUT2D eigenvalue weighted by molar-refractivity contribution is 0.0992. The fraction of sp³-hybridized carbons (Fsp3) is 0.182. The molecule has 0 bridgehead atoms. The lowest BCUT2D eigenvalue weighted by Crippen LogP contribution is -2.33. The molecule has 0 saturated heterocycles. The number of carbonyl (C=O) groups excluding carboxylic acids is 1. The molecule has 3 aromatic rings. The van der Waals surface area contributed by atoms with E-state index in [0.717, 1.165) is 22.4 Å². The van der Waals surface area contributed by atoms with Crippen LogP contribution in [0.2, 0.25) is 0 Å². The summed E-state index contributed by atoms with van der Waals surface area (Å²) in [5.41, 5.74) is 6.20. The third-order valence-electron chi connectivity index (χ3n) is 4.92. The largest absolute Gasteiger partial charge is 0.361 e. The summed E-state index contributed by atoms with van der Waals surface area (Å²) >= 11 is 0. The van der Waals surface area contributed by atoms with Crippen molar-refractivity contribution in [3.8, 4) is 0 Å². The lowest BCUT2D eigenvalue weighted by Gasteiger charge is -2.26. The number of aryl methyl sites for hydroxylation is 3. The first-order valence-electron chi connectivity index (χ1n) is 8.73. The van der Waals surface area contributed by atoms with Crippen LogP contribution in [-0.4, -0.2) is 10.9 Å². The Bertz CT molecular complexity index is 979. The normalized spacial score (nSPS) is 15.9. The Hall–Kier alpha value is -3.14. The van der Waals surface area contributed by atoms with Gasteiger partial charge >= 0.3 is 0 Å². The number of amides is 1. The van der Waals surface area contributed by atoms with E-state index in [0.29, 0.717) is 5.82 Å². The summed E-state index contributed by atoms with van der Waals surface area (Å²) in [6, 6.07) is 17.9. The summed E-state index contributed by atoms with van der Waals surface area (Å²) in [7, 11) is 0. The highest BCUT2D eigenvalue weighted by Gasteiger charge is 2.38. The third kappa shape index (κ3) is 2.73. The smallest absolute Gasteiger partial charge is 0.261 e. The maximum absolute atomic E-state index is 13.0. The Morgan fingerprint density at radius 2 is 1.77 bits per heavy atom. The first-order chi connectivity index (χ1) is 12.5. The SMILES string of the molecule is Cc1ccc(N2C(=O)c3ccccc3[C@@H]2Nc2ccc(C)c(C)c2)nc1. The number of nitrogens with zero attached hydrogens (tertiary/aromatic N) is 2. The standard InChI is InChI=1S/C22H21N3O/c1-14-8-11-20(23-13-14)25-21(18-6-4-5-7-19(18)22(25)26)24-17-10-9-15(2)16(3)12-17/h4-13,21,24H,1-3H3/t21-/m1/s1. The first-order valence-corrected chi connectivity index (χ1v) is 8.73. The number of fused-ring (bicyclic) bond motifs is 1. The van der Waals surface area contributed by atoms with Crippen molar-refractivity contribution in [2.45, 2.75) is 26.9 Å². The molecule has 1 amide bonds. The van der Waals surface area contributed by atoms with Crippen LogP contribution in [0.1, 0.15) is 38.8 Å². The number of hydrogen-bond acceptors (Lipinski definition) is 3. The van der Waals surface area contributed by atoms with Crippen LogP contribution in [0, 0.1) is 20.8 Å². The Balaban J connectivity index is 1.77. The van der Waals surface area contributed by atoms with E-state index in [-0.39, 0.29) is 12.1 Å². The molecule has 1 atom stereocenters. The van der Waals surface area contributed by atoms with Gasteiger partial charge in [-0.05, 0) is 61.7 Å². The van der Waals surface area contributed by atoms with Crippen LogP contribution in [0.5, 0.6) is 0 Å². The predicted octanol–water partition coefficient (Wildman–Crippen LogP) is 4.78. The molecule has 0 saturated carbocycles. The van der Waals surface area contributed by atoms with Crippen molar-refractivity contribution >= 4 is 17.4 Å². The Kier molecular flexibility index (Phi) is 3.96. The van der Waals surface area contributed by atoms with Gasteiger partial charge in [-0.25, -0.2) is 4.98 Å². The highest BCUT2D eigenvalue weighted by molar-refractivity contribution is 6.11. The van der Waals surface area contributed by atoms with Crippen LogP contribution >= 0.6 is 0 Å². The van der Waals surface area contributed by atoms with Gasteiger partial charge in [-0.1, -0.05) is 30.3 Å². The molecule has 0 spiro atoms. The van der Waals surface area contributed by atoms with Crippen LogP contribution in [0.25, 0.3) is 0 Å². The molecule has 1 N–H and O–H groups in total. The molecule has 4 nitrogen and oxygen atoms in total. The van der Waals surface area contributed by atoms with Gasteiger partial charge in [0.1, 0.15) is 12.0 Å². The van der Waals surface area contributed by atoms with Gasteiger partial charge in [-0.2, -0.15) is 0 Å². The minimum Gasteiger partial charge on any atom is -0.361 e. The van der Waals surface area contributed by atoms with E-state index in [1.807, 2.05) is 43.3 Å². The number of pyridine rings is 1. The van der Waals surface area contributed by atoms with Crippen molar-refractivity contribution in [1.82, 2.24) is 4.98 Å². The highest BCUT2D eigenvalue weighted by Crippen LogP contribution is 2.37. The number of benzene rings is 2. The van der Waals surface area contributed by atoms with E-state index in [1.54, 1.807) is 11.1 Å². The summed E-state index contributed by atoms with van der Waals surface area (Å²) in [6.45, 7) is 6.17. The third-order valence-corrected chi connectivity index (χ3v) is 4.92. The van der Waals surface area contributed by atoms with Crippen LogP contribution in [0.3, 0.4) is 0 Å². The number of rotatable bonds is 3. The Labute approximate surface area is 153 Å². The van der Waals surface area contributed by atoms with Crippen LogP contribution in [-0.2, 0) is 0 Å². The zero-order chi connectivity index (χ0) is 18.3. The molecular weight excluding hydrogens is 322 g/mol. The second-order valence-electron chi connectivity index (χ2n) is 6.80. The van der Waals surface area contributed by atoms with Crippen molar-refractivity contribution in [1.29, 1.82) is 0 Å². The van der Waals surface area contributed by atoms with Crippen molar-refractivity contribution in [2.75, 3.05) is 10.2 Å². The molecule has 1 aliphatic heterocycles. The maximum Gasteiger partial charge on any atom is 0.261 e. The van der Waals surface area contributed by atoms with E-state index >= 15 is 0 Å². The maximum atomic E-state index is 13.0. The number of nitrogens with one attached hydrogen (secondary N) is 1. The predicted molar refractivity (Wildman–Crippen MR) is 105 cm³/mol. The van der Waals surface area contributed by atoms with Gasteiger partial charge < -0.3 is 5.32 Å². The molecule has 1 aliphatic rings. The summed E-state index contributed by atoms with van der Waals surface area (Å²) in [4.78, 5) is 19.3. The van der Waals surface area contributed by atoms with Gasteiger partial charge in [0.25, 0.3) is 5.91 Å². The van der Waals surface area contributed by atoms with E-state index in [1.165, 1.54) is 11.1 Å². The summed E-state index contributed by atoms with van der Waals surface area (Å²) < 4.78 is 0. The summed E-state index contributed by atoms with van der Waals surface area (Å²) in [5, 5.41) is 3.52. The van der Waals surface area contributed by atoms with Crippen LogP contribution in [0.4, 0.5) is 11.5 Å². The molecule has 130 valence electrons. The zero-order valence-electron chi connectivity index (χ0n) is 15.2. The molecule has 0 unspecified atom stereocenters. The number of anilines is 2. The molecule has 0 radical (unpaired) electrons. The minimum atomic E-state index is -0.281. The molecule has 0 fully saturated rings. The van der Waals surface area contributed by atoms with Crippen LogP contribution < -0.4 is 10.2 Å². The monoisotopic (exact) mass is 343 g/mol. The van der Waals surface area contributed by atoms with Gasteiger partial charge in [0.05, 0.1) is 0 Å². The zero-order valence-corrected chi connectivity index (χ0v) is 15.2. The number of aromatic nitrogens is 1. The van der Waals surface area contributed by atoms with Crippen molar-refractivity contribution < 1.29 is 4.79 Å². The van der Waals surface area contributed by atoms with E-state index in [4.69, 9.17) is 0 Å². The molecule has 1 aromatic heterocycles. The molecule has 4 rings (SSSR count). The minimum absolute atomic E-state index is 0.0294. The summed E-state index contributed by atoms with van der Waals surface area (Å²) in [5.74, 6) is 0.622. The van der Waals surface area contributed by atoms with Gasteiger partial charge in [-0.3, -0.25) is 9.69 Å².